The highest BCUT2D eigenvalue weighted by Gasteiger charge is 2.57. The number of hydrogen-bond donors (Lipinski definition) is 10. The molecular formula is C64H76N8O14S2. The Labute approximate surface area is 516 Å². The van der Waals surface area contributed by atoms with Crippen LogP contribution in [0.2, 0.25) is 0 Å². The minimum atomic E-state index is -2.41. The number of ketones is 3. The van der Waals surface area contributed by atoms with Crippen molar-refractivity contribution in [2.75, 3.05) is 37.7 Å². The van der Waals surface area contributed by atoms with E-state index in [0.717, 1.165) is 16.7 Å². The fourth-order valence-electron chi connectivity index (χ4n) is 12.6. The van der Waals surface area contributed by atoms with E-state index in [9.17, 15) is 39.3 Å². The number of hydrogen-bond acceptors (Lipinski definition) is 16. The highest BCUT2D eigenvalue weighted by molar-refractivity contribution is 8.00. The van der Waals surface area contributed by atoms with E-state index in [1.54, 1.807) is 31.7 Å². The summed E-state index contributed by atoms with van der Waals surface area (Å²) in [5.41, 5.74) is 6.84. The Morgan fingerprint density at radius 1 is 0.795 bits per heavy atom. The van der Waals surface area contributed by atoms with Crippen LogP contribution in [0.3, 0.4) is 0 Å². The van der Waals surface area contributed by atoms with E-state index in [2.05, 4.69) is 31.6 Å². The number of carbonyl (C=O) groups is 9. The number of aromatic amines is 1. The molecule has 4 aromatic carbocycles. The third-order valence-corrected chi connectivity index (χ3v) is 20.6. The lowest BCUT2D eigenvalue weighted by Gasteiger charge is -2.45. The molecule has 0 radical (unpaired) electrons. The molecular weight excluding hydrogens is 1170 g/mol. The fraction of sp³-hybridized carbons (Fsp3) is 0.453. The van der Waals surface area contributed by atoms with Gasteiger partial charge in [-0.15, -0.1) is 11.8 Å². The van der Waals surface area contributed by atoms with Gasteiger partial charge in [-0.25, -0.2) is 4.90 Å². The van der Waals surface area contributed by atoms with Crippen molar-refractivity contribution in [1.29, 1.82) is 0 Å². The molecule has 6 amide bonds. The predicted molar refractivity (Wildman–Crippen MR) is 327 cm³/mol. The molecule has 1 fully saturated rings. The number of H-pyrrole nitrogens is 1. The van der Waals surface area contributed by atoms with Crippen molar-refractivity contribution >= 4 is 86.3 Å². The fourth-order valence-corrected chi connectivity index (χ4v) is 15.6. The van der Waals surface area contributed by atoms with Crippen molar-refractivity contribution in [3.63, 3.8) is 0 Å². The Morgan fingerprint density at radius 2 is 1.41 bits per heavy atom. The maximum atomic E-state index is 16.6. The Kier molecular flexibility index (Phi) is 20.8. The minimum absolute atomic E-state index is 0.00106. The van der Waals surface area contributed by atoms with Gasteiger partial charge in [-0.2, -0.15) is 0 Å². The van der Waals surface area contributed by atoms with Crippen LogP contribution >= 0.6 is 11.8 Å². The number of amides is 6. The van der Waals surface area contributed by atoms with Crippen LogP contribution in [0.1, 0.15) is 88.0 Å². The summed E-state index contributed by atoms with van der Waals surface area (Å²) in [5.74, 6) is -13.2. The van der Waals surface area contributed by atoms with Crippen LogP contribution in [0, 0.1) is 23.7 Å². The molecule has 0 spiro atoms. The molecule has 24 heteroatoms. The highest BCUT2D eigenvalue weighted by Crippen LogP contribution is 2.50. The van der Waals surface area contributed by atoms with E-state index in [0.29, 0.717) is 11.8 Å². The molecule has 5 unspecified atom stereocenters. The lowest BCUT2D eigenvalue weighted by molar-refractivity contribution is -0.168. The summed E-state index contributed by atoms with van der Waals surface area (Å²) >= 11 is 1.56. The first-order valence-corrected chi connectivity index (χ1v) is 32.1. The van der Waals surface area contributed by atoms with Gasteiger partial charge in [0.1, 0.15) is 16.8 Å². The van der Waals surface area contributed by atoms with Crippen LogP contribution in [0.25, 0.3) is 10.9 Å². The molecule has 5 aromatic rings. The standard InChI is InChI=1S/C64H76N8O14S2/c1-4-36(2)56-61(84)67-31-54(79)68-48-35-88(85)62-46-25-39(59(82)66-32-55(80)70-56)27-51(76)57(37(3)52(77)34-73)71-60(83)49-29-43(74)33-72(49)63(58(81)38(26-50(48)75)28-53(65)78,86-44-21-22-45(46)47(30-44)69-62)23-14-24-87-64(40-15-8-5-9-16-40,41-17-10-6-11-18-41)42-19-12-7-13-20-42/h5-13,15-22,30,36-39,43,48-49,52,56-57,69,73-74,77H,4,14,23-29,31-35H2,1-3H3,(H2,65,78)(H,66,82)(H,67,84)(H,68,79)(H,70,80)(H,71,83)/t36-,37-,38-,39?,43?,48?,49-,52-,56-,57-,63?,88?/m0/s1. The molecule has 1 aromatic heterocycles. The molecule has 5 heterocycles. The minimum Gasteiger partial charge on any atom is -0.465 e. The van der Waals surface area contributed by atoms with Crippen molar-refractivity contribution < 1.29 is 67.4 Å². The van der Waals surface area contributed by atoms with Crippen molar-refractivity contribution in [2.45, 2.75) is 124 Å². The second-order valence-corrected chi connectivity index (χ2v) is 26.1. The Bertz CT molecular complexity index is 3350. The molecule has 11 N–H and O–H groups in total. The van der Waals surface area contributed by atoms with Gasteiger partial charge in [0.2, 0.25) is 41.2 Å². The summed E-state index contributed by atoms with van der Waals surface area (Å²) in [4.78, 5) is 137. The molecule has 1 saturated heterocycles. The number of nitrogens with two attached hydrogens (primary N) is 1. The summed E-state index contributed by atoms with van der Waals surface area (Å²) in [7, 11) is -2.32. The highest BCUT2D eigenvalue weighted by atomic mass is 32.2. The smallest absolute Gasteiger partial charge is 0.243 e. The van der Waals surface area contributed by atoms with Gasteiger partial charge < -0.3 is 57.4 Å². The van der Waals surface area contributed by atoms with E-state index >= 15 is 23.4 Å². The van der Waals surface area contributed by atoms with Crippen LogP contribution < -0.4 is 37.1 Å². The lowest BCUT2D eigenvalue weighted by Crippen LogP contribution is -2.65. The quantitative estimate of drug-likeness (QED) is 0.0531. The van der Waals surface area contributed by atoms with Crippen molar-refractivity contribution in [3.8, 4) is 5.75 Å². The van der Waals surface area contributed by atoms with Crippen LogP contribution in [-0.4, -0.2) is 162 Å². The number of Topliss-reactive ketones (excluding diaryl/α,β-unsaturated/α-hetero) is 3. The second-order valence-electron chi connectivity index (χ2n) is 23.4. The Morgan fingerprint density at radius 3 is 2.01 bits per heavy atom. The van der Waals surface area contributed by atoms with Gasteiger partial charge in [0.15, 0.2) is 17.3 Å². The normalized spacial score (nSPS) is 26.5. The monoisotopic (exact) mass is 1240 g/mol. The number of rotatable bonds is 15. The zero-order valence-electron chi connectivity index (χ0n) is 49.2. The van der Waals surface area contributed by atoms with E-state index < -0.39 is 185 Å². The molecule has 0 saturated carbocycles. The first-order valence-electron chi connectivity index (χ1n) is 29.8. The van der Waals surface area contributed by atoms with Crippen molar-refractivity contribution in [1.82, 2.24) is 36.5 Å². The van der Waals surface area contributed by atoms with Crippen LogP contribution in [0.15, 0.2) is 114 Å². The molecule has 468 valence electrons. The third kappa shape index (κ3) is 14.0. The van der Waals surface area contributed by atoms with E-state index in [1.807, 2.05) is 91.0 Å². The lowest BCUT2D eigenvalue weighted by atomic mass is 9.83. The average Bonchev–Trinajstić information content (AvgIpc) is 3.39. The van der Waals surface area contributed by atoms with Crippen LogP contribution in [0.4, 0.5) is 0 Å². The number of nitrogens with one attached hydrogen (secondary N) is 6. The summed E-state index contributed by atoms with van der Waals surface area (Å²) in [6, 6.07) is 28.1. The van der Waals surface area contributed by atoms with Gasteiger partial charge in [0, 0.05) is 61.4 Å². The number of aliphatic hydroxyl groups is 3. The molecule has 4 aliphatic rings. The Balaban J connectivity index is 1.27. The maximum Gasteiger partial charge on any atom is 0.243 e. The number of nitrogens with zero attached hydrogens (tertiary/aromatic N) is 1. The van der Waals surface area contributed by atoms with E-state index in [4.69, 9.17) is 10.5 Å². The number of primary amides is 1. The second kappa shape index (κ2) is 28.3. The van der Waals surface area contributed by atoms with Crippen molar-refractivity contribution in [3.05, 3.63) is 131 Å². The molecule has 8 bridgehead atoms. The molecule has 0 aliphatic carbocycles. The first-order chi connectivity index (χ1) is 42.2. The summed E-state index contributed by atoms with van der Waals surface area (Å²) in [6.45, 7) is 2.15. The molecule has 22 nitrogen and oxygen atoms in total. The topological polar surface area (TPSA) is 346 Å². The third-order valence-electron chi connectivity index (χ3n) is 17.5. The number of thioether (sulfide) groups is 1. The number of carbonyl (C=O) groups excluding carboxylic acids is 9. The SMILES string of the molecule is CC[C@H](C)[C@@H]1NC(=O)CNC(=O)C2CC(=O)[C@H]([C@@H](C)[C@@H](O)CO)NC(=O)[C@@H]3CC(O)CN3C3(CCCSC(c4ccccc4)(c4ccccc4)c4ccccc4)Oc4ccc5c(c([nH]c5c4)S(=O)CC(NC(=O)CNC1=O)C(=O)C[C@@H](CC(N)=O)C3=O)C2. The maximum absolute atomic E-state index is 16.6. The summed E-state index contributed by atoms with van der Waals surface area (Å²) < 4.78 is 21.6. The average molecular weight is 1250 g/mol. The zero-order chi connectivity index (χ0) is 63.0. The van der Waals surface area contributed by atoms with Gasteiger partial charge in [-0.3, -0.25) is 47.4 Å². The van der Waals surface area contributed by atoms with E-state index in [-0.39, 0.29) is 53.3 Å². The number of benzene rings is 4. The molecule has 88 heavy (non-hydrogen) atoms. The van der Waals surface area contributed by atoms with Crippen LogP contribution in [-0.2, 0) is 65.1 Å². The number of aromatic nitrogens is 1. The Hall–Kier alpha value is -7.61. The van der Waals surface area contributed by atoms with Crippen molar-refractivity contribution in [2.24, 2.45) is 29.4 Å². The number of fused-ring (bicyclic) bond motifs is 7. The molecule has 4 aliphatic heterocycles. The number of aliphatic hydroxyl groups excluding tert-OH is 3. The van der Waals surface area contributed by atoms with Crippen LogP contribution in [0.5, 0.6) is 5.75 Å². The predicted octanol–water partition coefficient (Wildman–Crippen LogP) is 2.19. The number of ether oxygens (including phenoxy) is 1. The van der Waals surface area contributed by atoms with Gasteiger partial charge in [0.05, 0.1) is 76.8 Å². The summed E-state index contributed by atoms with van der Waals surface area (Å²) in [6.07, 6.45) is -5.84. The zero-order valence-corrected chi connectivity index (χ0v) is 50.9. The van der Waals surface area contributed by atoms with Gasteiger partial charge >= 0.3 is 0 Å². The van der Waals surface area contributed by atoms with Gasteiger partial charge in [0.25, 0.3) is 0 Å². The van der Waals surface area contributed by atoms with E-state index in [1.165, 1.54) is 24.0 Å². The molecule has 9 rings (SSSR count). The first kappa shape index (κ1) is 64.9. The van der Waals surface area contributed by atoms with Gasteiger partial charge in [-0.05, 0) is 65.3 Å². The molecule has 12 atom stereocenters. The van der Waals surface area contributed by atoms with Gasteiger partial charge in [-0.1, -0.05) is 118 Å². The summed E-state index contributed by atoms with van der Waals surface area (Å²) in [5, 5.41) is 46.9. The largest absolute Gasteiger partial charge is 0.465 e.